The Labute approximate surface area is 178 Å². The van der Waals surface area contributed by atoms with Crippen molar-refractivity contribution in [3.63, 3.8) is 0 Å². The Hall–Kier alpha value is -2.15. The van der Waals surface area contributed by atoms with Crippen LogP contribution in [0.5, 0.6) is 0 Å². The Kier molecular flexibility index (Phi) is 6.54. The number of aryl methyl sites for hydroxylation is 2. The van der Waals surface area contributed by atoms with Crippen molar-refractivity contribution < 1.29 is 9.59 Å². The molecule has 1 fully saturated rings. The highest BCUT2D eigenvalue weighted by Crippen LogP contribution is 2.33. The fourth-order valence-electron chi connectivity index (χ4n) is 2.81. The molecule has 144 valence electrons. The minimum absolute atomic E-state index is 0.156. The molecule has 0 bridgehead atoms. The molecule has 0 atom stereocenters. The molecular weight excluding hydrogens is 412 g/mol. The zero-order chi connectivity index (χ0) is 20.3. The lowest BCUT2D eigenvalue weighted by atomic mass is 10.1. The summed E-state index contributed by atoms with van der Waals surface area (Å²) in [6.45, 7) is 4.19. The molecule has 2 aromatic rings. The second-order valence-corrected chi connectivity index (χ2v) is 8.55. The maximum absolute atomic E-state index is 12.7. The Morgan fingerprint density at radius 1 is 1.25 bits per heavy atom. The van der Waals surface area contributed by atoms with Crippen molar-refractivity contribution in [2.75, 3.05) is 11.9 Å². The second kappa shape index (κ2) is 8.90. The van der Waals surface area contributed by atoms with Crippen molar-refractivity contribution in [1.29, 1.82) is 0 Å². The Balaban J connectivity index is 1.63. The van der Waals surface area contributed by atoms with Gasteiger partial charge in [0.05, 0.1) is 4.91 Å². The number of hydrogen-bond donors (Lipinski definition) is 1. The van der Waals surface area contributed by atoms with E-state index in [4.69, 9.17) is 23.8 Å². The molecule has 0 aliphatic carbocycles. The first-order valence-corrected chi connectivity index (χ1v) is 10.3. The highest BCUT2D eigenvalue weighted by Gasteiger charge is 2.32. The first-order chi connectivity index (χ1) is 13.3. The molecule has 2 aromatic carbocycles. The van der Waals surface area contributed by atoms with Crippen LogP contribution < -0.4 is 5.32 Å². The molecule has 0 unspecified atom stereocenters. The number of hydrogen-bond acceptors (Lipinski definition) is 4. The zero-order valence-corrected chi connectivity index (χ0v) is 17.9. The van der Waals surface area contributed by atoms with Crippen molar-refractivity contribution in [2.45, 2.75) is 20.3 Å². The fraction of sp³-hybridized carbons (Fsp3) is 0.190. The van der Waals surface area contributed by atoms with Crippen molar-refractivity contribution in [3.8, 4) is 0 Å². The highest BCUT2D eigenvalue weighted by molar-refractivity contribution is 8.26. The molecule has 0 spiro atoms. The van der Waals surface area contributed by atoms with Crippen molar-refractivity contribution >= 4 is 63.5 Å². The normalized spacial score (nSPS) is 15.4. The van der Waals surface area contributed by atoms with Gasteiger partial charge in [0.2, 0.25) is 5.91 Å². The molecule has 28 heavy (non-hydrogen) atoms. The van der Waals surface area contributed by atoms with Gasteiger partial charge in [-0.2, -0.15) is 0 Å². The average molecular weight is 431 g/mol. The molecule has 2 amide bonds. The van der Waals surface area contributed by atoms with Gasteiger partial charge in [-0.3, -0.25) is 14.5 Å². The van der Waals surface area contributed by atoms with Crippen molar-refractivity contribution in [1.82, 2.24) is 4.90 Å². The van der Waals surface area contributed by atoms with Crippen LogP contribution in [0.1, 0.15) is 23.1 Å². The Morgan fingerprint density at radius 3 is 2.71 bits per heavy atom. The van der Waals surface area contributed by atoms with Crippen LogP contribution in [0.15, 0.2) is 47.4 Å². The van der Waals surface area contributed by atoms with Gasteiger partial charge < -0.3 is 5.32 Å². The number of thiocarbonyl (C=S) groups is 1. The third-order valence-corrected chi connectivity index (χ3v) is 6.01. The molecule has 1 aliphatic rings. The molecule has 7 heteroatoms. The van der Waals surface area contributed by atoms with Gasteiger partial charge in [-0.15, -0.1) is 0 Å². The van der Waals surface area contributed by atoms with Gasteiger partial charge in [0.1, 0.15) is 4.32 Å². The Morgan fingerprint density at radius 2 is 2.00 bits per heavy atom. The molecule has 4 nitrogen and oxygen atoms in total. The summed E-state index contributed by atoms with van der Waals surface area (Å²) in [4.78, 5) is 26.9. The van der Waals surface area contributed by atoms with E-state index in [1.165, 1.54) is 16.7 Å². The van der Waals surface area contributed by atoms with Gasteiger partial charge in [-0.25, -0.2) is 0 Å². The molecule has 3 rings (SSSR count). The summed E-state index contributed by atoms with van der Waals surface area (Å²) in [6, 6.07) is 13.1. The number of nitrogens with zero attached hydrogens (tertiary/aromatic N) is 1. The minimum atomic E-state index is -0.200. The summed E-state index contributed by atoms with van der Waals surface area (Å²) in [5.41, 5.74) is 3.68. The van der Waals surface area contributed by atoms with E-state index in [1.54, 1.807) is 12.1 Å². The zero-order valence-electron chi connectivity index (χ0n) is 15.5. The lowest BCUT2D eigenvalue weighted by molar-refractivity contribution is -0.122. The molecule has 0 aromatic heterocycles. The van der Waals surface area contributed by atoms with Gasteiger partial charge >= 0.3 is 0 Å². The largest absolute Gasteiger partial charge is 0.326 e. The van der Waals surface area contributed by atoms with E-state index < -0.39 is 0 Å². The van der Waals surface area contributed by atoms with Crippen LogP contribution in [-0.2, 0) is 9.59 Å². The summed E-state index contributed by atoms with van der Waals surface area (Å²) in [7, 11) is 0. The van der Waals surface area contributed by atoms with Gasteiger partial charge in [0.15, 0.2) is 0 Å². The van der Waals surface area contributed by atoms with E-state index in [2.05, 4.69) is 5.32 Å². The summed E-state index contributed by atoms with van der Waals surface area (Å²) < 4.78 is 0.447. The van der Waals surface area contributed by atoms with E-state index in [-0.39, 0.29) is 24.8 Å². The lowest BCUT2D eigenvalue weighted by Gasteiger charge is -2.15. The Bertz CT molecular complexity index is 988. The van der Waals surface area contributed by atoms with E-state index in [9.17, 15) is 9.59 Å². The second-order valence-electron chi connectivity index (χ2n) is 6.47. The predicted octanol–water partition coefficient (Wildman–Crippen LogP) is 5.19. The van der Waals surface area contributed by atoms with Crippen LogP contribution in [0.2, 0.25) is 5.02 Å². The SMILES string of the molecule is Cc1ccc(NC(=O)CCN2C(=O)/C(=C/c3ccccc3Cl)SC2=S)c(C)c1. The average Bonchev–Trinajstić information content (AvgIpc) is 2.91. The van der Waals surface area contributed by atoms with Crippen LogP contribution in [-0.4, -0.2) is 27.6 Å². The molecule has 1 aliphatic heterocycles. The van der Waals surface area contributed by atoms with Crippen LogP contribution in [0.4, 0.5) is 5.69 Å². The number of thioether (sulfide) groups is 1. The van der Waals surface area contributed by atoms with Crippen LogP contribution in [0.3, 0.4) is 0 Å². The number of benzene rings is 2. The number of nitrogens with one attached hydrogen (secondary N) is 1. The van der Waals surface area contributed by atoms with Crippen molar-refractivity contribution in [2.24, 2.45) is 0 Å². The van der Waals surface area contributed by atoms with E-state index in [0.717, 1.165) is 22.4 Å². The van der Waals surface area contributed by atoms with E-state index in [0.29, 0.717) is 14.2 Å². The summed E-state index contributed by atoms with van der Waals surface area (Å²) >= 11 is 12.7. The number of anilines is 1. The van der Waals surface area contributed by atoms with Crippen LogP contribution >= 0.6 is 35.6 Å². The van der Waals surface area contributed by atoms with Crippen molar-refractivity contribution in [3.05, 3.63) is 69.1 Å². The minimum Gasteiger partial charge on any atom is -0.326 e. The highest BCUT2D eigenvalue weighted by atomic mass is 35.5. The fourth-order valence-corrected chi connectivity index (χ4v) is 4.30. The number of halogens is 1. The number of carbonyl (C=O) groups is 2. The first-order valence-electron chi connectivity index (χ1n) is 8.72. The van der Waals surface area contributed by atoms with Gasteiger partial charge in [0, 0.05) is 23.7 Å². The van der Waals surface area contributed by atoms with E-state index >= 15 is 0 Å². The number of amides is 2. The molecule has 1 N–H and O–H groups in total. The number of rotatable bonds is 5. The van der Waals surface area contributed by atoms with Crippen LogP contribution in [0.25, 0.3) is 6.08 Å². The third-order valence-electron chi connectivity index (χ3n) is 4.28. The summed E-state index contributed by atoms with van der Waals surface area (Å²) in [5.74, 6) is -0.356. The molecular formula is C21H19ClN2O2S2. The number of carbonyl (C=O) groups excluding carboxylic acids is 2. The first kappa shape index (κ1) is 20.6. The third kappa shape index (κ3) is 4.82. The maximum Gasteiger partial charge on any atom is 0.266 e. The van der Waals surface area contributed by atoms with Gasteiger partial charge in [-0.1, -0.05) is 71.5 Å². The molecule has 0 saturated carbocycles. The standard InChI is InChI=1S/C21H19ClN2O2S2/c1-13-7-8-17(14(2)11-13)23-19(25)9-10-24-20(26)18(28-21(24)27)12-15-5-3-4-6-16(15)22/h3-8,11-12H,9-10H2,1-2H3,(H,23,25)/b18-12-. The monoisotopic (exact) mass is 430 g/mol. The summed E-state index contributed by atoms with van der Waals surface area (Å²) in [6.07, 6.45) is 1.90. The van der Waals surface area contributed by atoms with Gasteiger partial charge in [0.25, 0.3) is 5.91 Å². The van der Waals surface area contributed by atoms with Gasteiger partial charge in [-0.05, 0) is 43.2 Å². The smallest absolute Gasteiger partial charge is 0.266 e. The topological polar surface area (TPSA) is 49.4 Å². The van der Waals surface area contributed by atoms with E-state index in [1.807, 2.05) is 50.2 Å². The summed E-state index contributed by atoms with van der Waals surface area (Å²) in [5, 5.41) is 3.46. The molecule has 0 radical (unpaired) electrons. The predicted molar refractivity (Wildman–Crippen MR) is 120 cm³/mol. The quantitative estimate of drug-likeness (QED) is 0.524. The molecule has 1 heterocycles. The van der Waals surface area contributed by atoms with Crippen LogP contribution in [0, 0.1) is 13.8 Å². The molecule has 1 saturated heterocycles. The maximum atomic E-state index is 12.7. The lowest BCUT2D eigenvalue weighted by Crippen LogP contribution is -2.31.